The monoisotopic (exact) mass is 400 g/mol. The fourth-order valence-corrected chi connectivity index (χ4v) is 2.89. The van der Waals surface area contributed by atoms with Gasteiger partial charge in [0.2, 0.25) is 6.71 Å². The molecular weight excluding hydrogens is 376 g/mol. The number of hydrogen-bond donors (Lipinski definition) is 0. The third kappa shape index (κ3) is 8.83. The molecule has 3 aromatic rings. The molecule has 0 saturated heterocycles. The number of aromatic nitrogens is 2. The van der Waals surface area contributed by atoms with Gasteiger partial charge in [0.1, 0.15) is 6.73 Å². The van der Waals surface area contributed by atoms with Crippen molar-refractivity contribution < 1.29 is 17.9 Å². The molecule has 29 heavy (non-hydrogen) atoms. The molecule has 0 fully saturated rings. The van der Waals surface area contributed by atoms with Crippen LogP contribution in [0.2, 0.25) is 6.32 Å². The molecule has 0 radical (unpaired) electrons. The first-order valence-corrected chi connectivity index (χ1v) is 9.28. The zero-order valence-corrected chi connectivity index (χ0v) is 16.3. The van der Waals surface area contributed by atoms with Gasteiger partial charge in [0.15, 0.2) is 0 Å². The van der Waals surface area contributed by atoms with Crippen molar-refractivity contribution in [1.82, 2.24) is 9.55 Å². The van der Waals surface area contributed by atoms with Crippen LogP contribution in [0, 0.1) is 0 Å². The van der Waals surface area contributed by atoms with Crippen LogP contribution in [0.15, 0.2) is 91.5 Å². The molecule has 1 heterocycles. The average Bonchev–Trinajstić information content (AvgIpc) is 3.23. The lowest BCUT2D eigenvalue weighted by Crippen LogP contribution is -2.41. The number of halogens is 3. The summed E-state index contributed by atoms with van der Waals surface area (Å²) in [6.07, 6.45) is 3.63. The second-order valence-corrected chi connectivity index (χ2v) is 6.39. The molecule has 0 bridgehead atoms. The fraction of sp³-hybridized carbons (Fsp3) is 0.227. The van der Waals surface area contributed by atoms with Gasteiger partial charge in [-0.3, -0.25) is 0 Å². The maximum Gasteiger partial charge on any atom is 0.409 e. The Hall–Kier alpha value is -2.80. The molecule has 0 aliphatic rings. The normalized spacial score (nSPS) is 11.2. The van der Waals surface area contributed by atoms with Gasteiger partial charge >= 0.3 is 6.18 Å². The quantitative estimate of drug-likeness (QED) is 0.437. The van der Waals surface area contributed by atoms with Crippen molar-refractivity contribution in [2.75, 3.05) is 7.11 Å². The van der Waals surface area contributed by atoms with Gasteiger partial charge in [-0.05, 0) is 6.42 Å². The lowest BCUT2D eigenvalue weighted by Gasteiger charge is -2.13. The molecule has 0 atom stereocenters. The Bertz CT molecular complexity index is 783. The molecule has 152 valence electrons. The van der Waals surface area contributed by atoms with E-state index in [1.165, 1.54) is 6.08 Å². The Kier molecular flexibility index (Phi) is 9.24. The number of nitrogens with zero attached hydrogens (tertiary/aromatic N) is 2. The number of alkyl halides is 3. The third-order valence-corrected chi connectivity index (χ3v) is 4.17. The Morgan fingerprint density at radius 3 is 2.03 bits per heavy atom. The predicted octanol–water partition coefficient (Wildman–Crippen LogP) is 4.29. The van der Waals surface area contributed by atoms with E-state index in [0.29, 0.717) is 25.5 Å². The van der Waals surface area contributed by atoms with Crippen LogP contribution in [-0.2, 0) is 11.5 Å². The van der Waals surface area contributed by atoms with E-state index in [0.717, 1.165) is 10.9 Å². The molecule has 0 N–H and O–H groups in total. The van der Waals surface area contributed by atoms with Crippen molar-refractivity contribution in [2.24, 2.45) is 0 Å². The lowest BCUT2D eigenvalue weighted by atomic mass is 9.38. The van der Waals surface area contributed by atoms with Crippen molar-refractivity contribution >= 4 is 17.6 Å². The third-order valence-electron chi connectivity index (χ3n) is 4.17. The number of allylic oxidation sites excluding steroid dienone is 2. The van der Waals surface area contributed by atoms with Gasteiger partial charge in [0.25, 0.3) is 0 Å². The van der Waals surface area contributed by atoms with Crippen LogP contribution in [0.3, 0.4) is 0 Å². The number of imidazole rings is 1. The summed E-state index contributed by atoms with van der Waals surface area (Å²) in [4.78, 5) is 3.82. The minimum absolute atomic E-state index is 0.116. The Morgan fingerprint density at radius 1 is 1.00 bits per heavy atom. The largest absolute Gasteiger partial charge is 0.409 e. The Balaban J connectivity index is 0.000000313. The highest BCUT2D eigenvalue weighted by molar-refractivity contribution is 6.85. The summed E-state index contributed by atoms with van der Waals surface area (Å²) in [7, 11) is 1.65. The minimum Gasteiger partial charge on any atom is -0.364 e. The molecule has 0 aliphatic carbocycles. The molecule has 0 aliphatic heterocycles. The topological polar surface area (TPSA) is 27.1 Å². The van der Waals surface area contributed by atoms with Crippen LogP contribution in [0.25, 0.3) is 0 Å². The summed E-state index contributed by atoms with van der Waals surface area (Å²) in [5, 5.41) is 0. The number of methoxy groups -OCH3 is 1. The summed E-state index contributed by atoms with van der Waals surface area (Å²) >= 11 is 0. The van der Waals surface area contributed by atoms with Crippen LogP contribution in [0.4, 0.5) is 13.2 Å². The van der Waals surface area contributed by atoms with Crippen molar-refractivity contribution in [3.05, 3.63) is 91.5 Å². The number of ether oxygens (including phenoxy) is 1. The van der Waals surface area contributed by atoms with Crippen molar-refractivity contribution in [2.45, 2.75) is 25.6 Å². The fourth-order valence-electron chi connectivity index (χ4n) is 2.89. The average molecular weight is 400 g/mol. The second-order valence-electron chi connectivity index (χ2n) is 6.39. The zero-order chi connectivity index (χ0) is 21.0. The highest BCUT2D eigenvalue weighted by atomic mass is 19.4. The van der Waals surface area contributed by atoms with Crippen molar-refractivity contribution in [1.29, 1.82) is 0 Å². The summed E-state index contributed by atoms with van der Waals surface area (Å²) in [5.41, 5.74) is 2.26. The van der Waals surface area contributed by atoms with Gasteiger partial charge in [0.05, 0.1) is 6.33 Å². The van der Waals surface area contributed by atoms with E-state index in [9.17, 15) is 13.2 Å². The number of benzene rings is 2. The van der Waals surface area contributed by atoms with Gasteiger partial charge < -0.3 is 9.30 Å². The molecule has 1 aromatic heterocycles. The van der Waals surface area contributed by atoms with E-state index in [4.69, 9.17) is 4.74 Å². The van der Waals surface area contributed by atoms with Gasteiger partial charge in [-0.1, -0.05) is 84.0 Å². The highest BCUT2D eigenvalue weighted by Crippen LogP contribution is 2.16. The van der Waals surface area contributed by atoms with E-state index < -0.39 is 6.18 Å². The first-order valence-electron chi connectivity index (χ1n) is 9.28. The van der Waals surface area contributed by atoms with E-state index in [1.807, 2.05) is 71.4 Å². The highest BCUT2D eigenvalue weighted by Gasteiger charge is 2.22. The van der Waals surface area contributed by atoms with Crippen molar-refractivity contribution in [3.8, 4) is 0 Å². The first kappa shape index (κ1) is 22.5. The SMILES string of the molecule is COCn1ccnc1.FC(F)(F)C=CCCB(c1ccccc1)c1ccccc1. The van der Waals surface area contributed by atoms with Crippen LogP contribution in [-0.4, -0.2) is 29.5 Å². The van der Waals surface area contributed by atoms with Crippen molar-refractivity contribution in [3.63, 3.8) is 0 Å². The second kappa shape index (κ2) is 11.9. The molecule has 3 rings (SSSR count). The lowest BCUT2D eigenvalue weighted by molar-refractivity contribution is -0.0800. The molecule has 0 unspecified atom stereocenters. The Labute approximate surface area is 169 Å². The molecule has 3 nitrogen and oxygen atoms in total. The standard InChI is InChI=1S/C17H16BF3.C5H8N2O/c19-17(20,21)13-7-8-14-18(15-9-3-1-4-10-15)16-11-5-2-6-12-16;1-8-5-7-3-2-6-4-7/h1-7,9-13H,8,14H2;2-4H,5H2,1H3. The molecule has 2 aromatic carbocycles. The number of rotatable bonds is 7. The summed E-state index contributed by atoms with van der Waals surface area (Å²) in [6, 6.07) is 19.8. The van der Waals surface area contributed by atoms with Crippen LogP contribution >= 0.6 is 0 Å². The summed E-state index contributed by atoms with van der Waals surface area (Å²) < 4.78 is 43.1. The maximum atomic E-state index is 12.1. The van der Waals surface area contributed by atoms with Crippen LogP contribution < -0.4 is 10.9 Å². The van der Waals surface area contributed by atoms with Crippen LogP contribution in [0.5, 0.6) is 0 Å². The van der Waals surface area contributed by atoms with E-state index >= 15 is 0 Å². The molecular formula is C22H24BF3N2O. The Morgan fingerprint density at radius 2 is 1.59 bits per heavy atom. The van der Waals surface area contributed by atoms with Crippen LogP contribution in [0.1, 0.15) is 6.42 Å². The minimum atomic E-state index is -4.23. The molecule has 0 amide bonds. The predicted molar refractivity (Wildman–Crippen MR) is 112 cm³/mol. The summed E-state index contributed by atoms with van der Waals surface area (Å²) in [5.74, 6) is 0. The summed E-state index contributed by atoms with van der Waals surface area (Å²) in [6.45, 7) is 0.699. The smallest absolute Gasteiger partial charge is 0.364 e. The molecule has 0 spiro atoms. The van der Waals surface area contributed by atoms with Gasteiger partial charge in [-0.15, -0.1) is 0 Å². The zero-order valence-electron chi connectivity index (χ0n) is 16.3. The number of hydrogen-bond acceptors (Lipinski definition) is 2. The van der Waals surface area contributed by atoms with E-state index in [-0.39, 0.29) is 6.71 Å². The maximum absolute atomic E-state index is 12.1. The molecule has 7 heteroatoms. The van der Waals surface area contributed by atoms with Gasteiger partial charge in [-0.25, -0.2) is 4.98 Å². The first-order chi connectivity index (χ1) is 14.0. The van der Waals surface area contributed by atoms with E-state index in [2.05, 4.69) is 4.98 Å². The molecule has 0 saturated carbocycles. The van der Waals surface area contributed by atoms with E-state index in [1.54, 1.807) is 19.6 Å². The van der Waals surface area contributed by atoms with Gasteiger partial charge in [0, 0.05) is 25.6 Å². The van der Waals surface area contributed by atoms with Gasteiger partial charge in [-0.2, -0.15) is 13.2 Å².